The van der Waals surface area contributed by atoms with Gasteiger partial charge in [-0.1, -0.05) is 12.1 Å². The molecule has 3 aromatic rings. The van der Waals surface area contributed by atoms with Gasteiger partial charge in [-0.15, -0.1) is 0 Å². The lowest BCUT2D eigenvalue weighted by Gasteiger charge is -2.35. The number of aromatic amines is 1. The van der Waals surface area contributed by atoms with Gasteiger partial charge in [0.2, 0.25) is 0 Å². The molecule has 0 aliphatic heterocycles. The minimum absolute atomic E-state index is 0.0686. The van der Waals surface area contributed by atoms with Gasteiger partial charge in [-0.3, -0.25) is 4.79 Å². The molecule has 4 rings (SSSR count). The van der Waals surface area contributed by atoms with Crippen LogP contribution in [0.15, 0.2) is 59.5 Å². The molecule has 0 fully saturated rings. The molecular weight excluding hydrogens is 479 g/mol. The lowest BCUT2D eigenvalue weighted by molar-refractivity contribution is -0.143. The molecule has 3 atom stereocenters. The van der Waals surface area contributed by atoms with Crippen molar-refractivity contribution in [3.63, 3.8) is 0 Å². The first-order chi connectivity index (χ1) is 16.3. The molecule has 3 unspecified atom stereocenters. The lowest BCUT2D eigenvalue weighted by Crippen LogP contribution is -2.33. The van der Waals surface area contributed by atoms with Crippen molar-refractivity contribution >= 4 is 0 Å². The van der Waals surface area contributed by atoms with Crippen molar-refractivity contribution in [1.29, 1.82) is 0 Å². The Morgan fingerprint density at radius 1 is 0.943 bits per heavy atom. The van der Waals surface area contributed by atoms with Gasteiger partial charge in [0.15, 0.2) is 5.43 Å². The number of rotatable bonds is 4. The molecule has 2 aromatic carbocycles. The number of hydrogen-bond acceptors (Lipinski definition) is 2. The Kier molecular flexibility index (Phi) is 6.52. The van der Waals surface area contributed by atoms with Crippen molar-refractivity contribution in [1.82, 2.24) is 4.98 Å². The van der Waals surface area contributed by atoms with Gasteiger partial charge in [0.1, 0.15) is 5.82 Å². The third-order valence-electron chi connectivity index (χ3n) is 6.15. The maximum atomic E-state index is 13.5. The van der Waals surface area contributed by atoms with E-state index in [0.717, 1.165) is 0 Å². The first-order valence-electron chi connectivity index (χ1n) is 10.8. The van der Waals surface area contributed by atoms with E-state index in [1.807, 2.05) is 0 Å². The largest absolute Gasteiger partial charge is 0.416 e. The quantitative estimate of drug-likeness (QED) is 0.403. The Morgan fingerprint density at radius 2 is 1.54 bits per heavy atom. The third kappa shape index (κ3) is 5.27. The molecule has 0 spiro atoms. The number of pyridine rings is 1. The summed E-state index contributed by atoms with van der Waals surface area (Å²) in [4.78, 5) is 15.4. The summed E-state index contributed by atoms with van der Waals surface area (Å²) in [6.07, 6.45) is -9.75. The van der Waals surface area contributed by atoms with E-state index < -0.39 is 47.4 Å². The van der Waals surface area contributed by atoms with Crippen LogP contribution in [-0.2, 0) is 23.5 Å². The Labute approximate surface area is 195 Å². The van der Waals surface area contributed by atoms with Crippen LogP contribution in [0.5, 0.6) is 0 Å². The van der Waals surface area contributed by atoms with Crippen LogP contribution in [0.2, 0.25) is 0 Å². The zero-order valence-electron chi connectivity index (χ0n) is 18.3. The van der Waals surface area contributed by atoms with Crippen LogP contribution in [-0.4, -0.2) is 11.1 Å². The minimum Gasteiger partial charge on any atom is -0.370 e. The predicted molar refractivity (Wildman–Crippen MR) is 113 cm³/mol. The van der Waals surface area contributed by atoms with Gasteiger partial charge < -0.3 is 9.72 Å². The zero-order valence-corrected chi connectivity index (χ0v) is 18.3. The fourth-order valence-corrected chi connectivity index (χ4v) is 4.45. The molecule has 0 amide bonds. The number of nitrogens with one attached hydrogen (secondary N) is 1. The highest BCUT2D eigenvalue weighted by atomic mass is 19.4. The summed E-state index contributed by atoms with van der Waals surface area (Å²) in [5.74, 6) is -1.09. The van der Waals surface area contributed by atoms with Crippen LogP contribution in [0, 0.1) is 5.82 Å². The molecule has 0 bridgehead atoms. The number of aromatic nitrogens is 1. The molecule has 1 aromatic heterocycles. The minimum atomic E-state index is -4.98. The van der Waals surface area contributed by atoms with E-state index in [4.69, 9.17) is 4.74 Å². The van der Waals surface area contributed by atoms with Crippen LogP contribution >= 0.6 is 0 Å². The van der Waals surface area contributed by atoms with E-state index in [-0.39, 0.29) is 23.5 Å². The summed E-state index contributed by atoms with van der Waals surface area (Å²) in [5, 5.41) is 0. The fourth-order valence-electron chi connectivity index (χ4n) is 4.45. The van der Waals surface area contributed by atoms with Gasteiger partial charge >= 0.3 is 12.4 Å². The SMILES string of the molecule is CC(OC1CCc2c([nH]ccc2=O)C1c1ccc(F)cc1)c1cc(C(F)(F)F)cc(C(F)(F)F)c1. The van der Waals surface area contributed by atoms with Crippen LogP contribution in [0.3, 0.4) is 0 Å². The average Bonchev–Trinajstić information content (AvgIpc) is 2.78. The molecule has 10 heteroatoms. The molecular formula is C25H20F7NO2. The monoisotopic (exact) mass is 499 g/mol. The second kappa shape index (κ2) is 9.14. The maximum Gasteiger partial charge on any atom is 0.416 e. The Bertz CT molecular complexity index is 1230. The van der Waals surface area contributed by atoms with Gasteiger partial charge in [0, 0.05) is 23.5 Å². The third-order valence-corrected chi connectivity index (χ3v) is 6.15. The molecule has 1 N–H and O–H groups in total. The van der Waals surface area contributed by atoms with Crippen LogP contribution in [0.25, 0.3) is 0 Å². The van der Waals surface area contributed by atoms with Gasteiger partial charge in [-0.2, -0.15) is 26.3 Å². The molecule has 0 saturated heterocycles. The predicted octanol–water partition coefficient (Wildman–Crippen LogP) is 6.78. The van der Waals surface area contributed by atoms with Crippen molar-refractivity contribution in [3.8, 4) is 0 Å². The van der Waals surface area contributed by atoms with Crippen molar-refractivity contribution in [2.45, 2.75) is 50.2 Å². The maximum absolute atomic E-state index is 13.5. The summed E-state index contributed by atoms with van der Waals surface area (Å²) in [6, 6.07) is 8.20. The zero-order chi connectivity index (χ0) is 25.5. The van der Waals surface area contributed by atoms with Crippen LogP contribution in [0.1, 0.15) is 58.9 Å². The molecule has 1 aliphatic rings. The van der Waals surface area contributed by atoms with Gasteiger partial charge in [-0.25, -0.2) is 4.39 Å². The van der Waals surface area contributed by atoms with Gasteiger partial charge in [0.05, 0.1) is 29.3 Å². The van der Waals surface area contributed by atoms with Crippen molar-refractivity contribution in [2.24, 2.45) is 0 Å². The fraction of sp³-hybridized carbons (Fsp3) is 0.320. The molecule has 0 radical (unpaired) electrons. The van der Waals surface area contributed by atoms with E-state index in [1.165, 1.54) is 43.5 Å². The highest BCUT2D eigenvalue weighted by Crippen LogP contribution is 2.41. The van der Waals surface area contributed by atoms with Crippen molar-refractivity contribution in [2.75, 3.05) is 0 Å². The standard InChI is InChI=1S/C25H20F7NO2/c1-13(15-10-16(24(27,28)29)12-17(11-15)25(30,31)32)35-21-7-6-19-20(34)8-9-33-23(19)22(21)14-2-4-18(26)5-3-14/h2-5,8-13,21-22H,6-7H2,1H3,(H,33,34). The molecule has 186 valence electrons. The number of H-pyrrole nitrogens is 1. The number of ether oxygens (including phenoxy) is 1. The topological polar surface area (TPSA) is 42.1 Å². The highest BCUT2D eigenvalue weighted by molar-refractivity contribution is 5.38. The number of benzene rings is 2. The first kappa shape index (κ1) is 25.0. The molecule has 0 saturated carbocycles. The summed E-state index contributed by atoms with van der Waals surface area (Å²) >= 11 is 0. The second-order valence-corrected chi connectivity index (χ2v) is 8.46. The van der Waals surface area contributed by atoms with E-state index in [0.29, 0.717) is 35.4 Å². The summed E-state index contributed by atoms with van der Waals surface area (Å²) in [5.41, 5.74) is -1.72. The normalized spacial score (nSPS) is 19.3. The first-order valence-corrected chi connectivity index (χ1v) is 10.8. The highest BCUT2D eigenvalue weighted by Gasteiger charge is 2.39. The van der Waals surface area contributed by atoms with Crippen LogP contribution in [0.4, 0.5) is 30.7 Å². The summed E-state index contributed by atoms with van der Waals surface area (Å²) < 4.78 is 99.4. The number of fused-ring (bicyclic) bond motifs is 1. The Morgan fingerprint density at radius 3 is 2.11 bits per heavy atom. The lowest BCUT2D eigenvalue weighted by atomic mass is 9.79. The smallest absolute Gasteiger partial charge is 0.370 e. The number of hydrogen-bond donors (Lipinski definition) is 1. The summed E-state index contributed by atoms with van der Waals surface area (Å²) in [6.45, 7) is 1.38. The van der Waals surface area contributed by atoms with E-state index in [9.17, 15) is 35.5 Å². The Hall–Kier alpha value is -3.14. The number of alkyl halides is 6. The molecule has 3 nitrogen and oxygen atoms in total. The molecule has 1 aliphatic carbocycles. The summed E-state index contributed by atoms with van der Waals surface area (Å²) in [7, 11) is 0. The second-order valence-electron chi connectivity index (χ2n) is 8.46. The van der Waals surface area contributed by atoms with Crippen molar-refractivity contribution in [3.05, 3.63) is 104 Å². The Balaban J connectivity index is 1.73. The number of halogens is 7. The van der Waals surface area contributed by atoms with E-state index >= 15 is 0 Å². The van der Waals surface area contributed by atoms with Gasteiger partial charge in [0.25, 0.3) is 0 Å². The molecule has 35 heavy (non-hydrogen) atoms. The molecule has 1 heterocycles. The van der Waals surface area contributed by atoms with Gasteiger partial charge in [-0.05, 0) is 61.2 Å². The van der Waals surface area contributed by atoms with Crippen molar-refractivity contribution < 1.29 is 35.5 Å². The van der Waals surface area contributed by atoms with E-state index in [2.05, 4.69) is 4.98 Å². The van der Waals surface area contributed by atoms with Crippen LogP contribution < -0.4 is 5.43 Å². The average molecular weight is 499 g/mol. The van der Waals surface area contributed by atoms with E-state index in [1.54, 1.807) is 0 Å².